The predicted octanol–water partition coefficient (Wildman–Crippen LogP) is 4.58. The first-order chi connectivity index (χ1) is 23.2. The summed E-state index contributed by atoms with van der Waals surface area (Å²) in [4.78, 5) is 58.0. The van der Waals surface area contributed by atoms with Gasteiger partial charge >= 0.3 is 19.9 Å². The lowest BCUT2D eigenvalue weighted by molar-refractivity contribution is -0.137. The van der Waals surface area contributed by atoms with Gasteiger partial charge in [-0.3, -0.25) is 28.5 Å². The number of carboxylic acids is 1. The largest absolute Gasteiger partial charge is 0.481 e. The van der Waals surface area contributed by atoms with Crippen molar-refractivity contribution in [3.8, 4) is 0 Å². The van der Waals surface area contributed by atoms with Crippen LogP contribution in [0.5, 0.6) is 0 Å². The van der Waals surface area contributed by atoms with Crippen LogP contribution < -0.4 is 16.6 Å². The summed E-state index contributed by atoms with van der Waals surface area (Å²) in [6.07, 6.45) is 17.2. The maximum Gasteiger partial charge on any atom is 0.330 e. The monoisotopic (exact) mass is 703 g/mol. The van der Waals surface area contributed by atoms with Crippen LogP contribution in [-0.2, 0) is 28.2 Å². The number of carbonyl (C=O) groups is 2. The van der Waals surface area contributed by atoms with Gasteiger partial charge in [0, 0.05) is 38.3 Å². The number of aromatic amines is 1. The number of unbranched alkanes of at least 4 members (excludes halogenated alkanes) is 16. The summed E-state index contributed by atoms with van der Waals surface area (Å²) in [5.41, 5.74) is -1.33. The number of amides is 1. The zero-order chi connectivity index (χ0) is 35.0. The van der Waals surface area contributed by atoms with E-state index in [-0.39, 0.29) is 18.9 Å². The van der Waals surface area contributed by atoms with Gasteiger partial charge in [0.2, 0.25) is 5.91 Å². The van der Waals surface area contributed by atoms with E-state index < -0.39 is 56.6 Å². The molecule has 5 N–H and O–H groups in total. The minimum atomic E-state index is -3.40. The van der Waals surface area contributed by atoms with E-state index in [1.54, 1.807) is 0 Å². The smallest absolute Gasteiger partial charge is 0.330 e. The summed E-state index contributed by atoms with van der Waals surface area (Å²) in [5, 5.41) is 21.3. The number of aliphatic carboxylic acids is 1. The van der Waals surface area contributed by atoms with E-state index in [1.807, 2.05) is 0 Å². The van der Waals surface area contributed by atoms with Crippen LogP contribution in [0.1, 0.15) is 135 Å². The number of ether oxygens (including phenoxy) is 2. The molecule has 276 valence electrons. The highest BCUT2D eigenvalue weighted by atomic mass is 31.1. The van der Waals surface area contributed by atoms with Gasteiger partial charge in [-0.1, -0.05) is 89.9 Å². The zero-order valence-corrected chi connectivity index (χ0v) is 29.3. The third kappa shape index (κ3) is 17.9. The Morgan fingerprint density at radius 2 is 1.38 bits per heavy atom. The third-order valence-corrected chi connectivity index (χ3v) is 9.05. The number of carboxylic acid groups (broad SMARTS) is 1. The first kappa shape index (κ1) is 41.8. The second-order valence-electron chi connectivity index (χ2n) is 12.6. The SMILES string of the molecule is O=C(O)CCCCCCCCCCCCCCCCC(=O)NCCCCCCOC1C(O[PH](=O)O)[C@@H](CO)O[C@H]1n1ccc(=O)[nH]c1=O. The minimum absolute atomic E-state index is 0.0811. The fourth-order valence-corrected chi connectivity index (χ4v) is 6.46. The summed E-state index contributed by atoms with van der Waals surface area (Å²) < 4.78 is 29.3. The van der Waals surface area contributed by atoms with Crippen molar-refractivity contribution in [1.82, 2.24) is 14.9 Å². The molecule has 2 rings (SSSR count). The quantitative estimate of drug-likeness (QED) is 0.0577. The molecule has 1 aliphatic heterocycles. The van der Waals surface area contributed by atoms with Gasteiger partial charge in [-0.2, -0.15) is 0 Å². The standard InChI is InChI=1S/C33H58N3O11P/c37-25-26-30(47-48(43)44)31(32(46-26)36-23-21-28(39)35-33(36)42)45-24-18-14-13-17-22-34-27(38)19-15-11-9-7-5-3-1-2-4-6-8-10-12-16-20-29(40)41/h21,23,26,30-32,37,48H,1-20,22,24-25H2,(H,34,38)(H,40,41)(H,43,44)(H,35,39,42)/t26-,30?,31?,32-/m1/s1. The van der Waals surface area contributed by atoms with E-state index in [9.17, 15) is 33.7 Å². The Bertz CT molecular complexity index is 1180. The second kappa shape index (κ2) is 25.6. The number of carbonyl (C=O) groups excluding carboxylic acids is 1. The number of nitrogens with one attached hydrogen (secondary N) is 2. The lowest BCUT2D eigenvalue weighted by Crippen LogP contribution is -2.40. The number of aliphatic hydroxyl groups excluding tert-OH is 1. The molecule has 1 fully saturated rings. The molecule has 1 amide bonds. The highest BCUT2D eigenvalue weighted by Crippen LogP contribution is 2.37. The van der Waals surface area contributed by atoms with Gasteiger partial charge in [-0.15, -0.1) is 0 Å². The van der Waals surface area contributed by atoms with Crippen LogP contribution in [0.2, 0.25) is 0 Å². The summed E-state index contributed by atoms with van der Waals surface area (Å²) in [6, 6.07) is 1.14. The van der Waals surface area contributed by atoms with E-state index in [1.165, 1.54) is 57.6 Å². The van der Waals surface area contributed by atoms with Gasteiger partial charge in [0.25, 0.3) is 5.56 Å². The van der Waals surface area contributed by atoms with Crippen LogP contribution in [-0.4, -0.2) is 74.6 Å². The van der Waals surface area contributed by atoms with Crippen LogP contribution >= 0.6 is 8.25 Å². The number of nitrogens with zero attached hydrogens (tertiary/aromatic N) is 1. The highest BCUT2D eigenvalue weighted by Gasteiger charge is 2.48. The molecule has 2 heterocycles. The Balaban J connectivity index is 1.47. The molecule has 0 bridgehead atoms. The van der Waals surface area contributed by atoms with Crippen LogP contribution in [0.3, 0.4) is 0 Å². The molecule has 0 saturated carbocycles. The maximum absolute atomic E-state index is 12.3. The molecule has 1 aromatic rings. The molecule has 0 aliphatic carbocycles. The van der Waals surface area contributed by atoms with E-state index in [2.05, 4.69) is 10.3 Å². The van der Waals surface area contributed by atoms with Gasteiger partial charge in [0.1, 0.15) is 18.3 Å². The maximum atomic E-state index is 12.3. The molecular formula is C33H58N3O11P. The molecule has 5 atom stereocenters. The second-order valence-corrected chi connectivity index (χ2v) is 13.3. The number of hydrogen-bond acceptors (Lipinski definition) is 9. The lowest BCUT2D eigenvalue weighted by atomic mass is 10.0. The average molecular weight is 704 g/mol. The number of rotatable bonds is 29. The van der Waals surface area contributed by atoms with Crippen LogP contribution in [0.15, 0.2) is 21.9 Å². The number of aromatic nitrogens is 2. The van der Waals surface area contributed by atoms with Crippen molar-refractivity contribution in [3.05, 3.63) is 33.1 Å². The van der Waals surface area contributed by atoms with E-state index in [0.29, 0.717) is 19.4 Å². The Hall–Kier alpha value is -2.35. The molecule has 3 unspecified atom stereocenters. The van der Waals surface area contributed by atoms with E-state index in [0.717, 1.165) is 68.4 Å². The number of aliphatic hydroxyl groups is 1. The molecule has 15 heteroatoms. The summed E-state index contributed by atoms with van der Waals surface area (Å²) >= 11 is 0. The summed E-state index contributed by atoms with van der Waals surface area (Å²) in [5.74, 6) is -0.617. The molecule has 0 radical (unpaired) electrons. The molecule has 14 nitrogen and oxygen atoms in total. The molecule has 48 heavy (non-hydrogen) atoms. The average Bonchev–Trinajstić information content (AvgIpc) is 3.37. The fraction of sp³-hybridized carbons (Fsp3) is 0.818. The van der Waals surface area contributed by atoms with Gasteiger partial charge in [0.15, 0.2) is 6.23 Å². The first-order valence-electron chi connectivity index (χ1n) is 17.8. The van der Waals surface area contributed by atoms with Gasteiger partial charge in [0.05, 0.1) is 6.61 Å². The number of hydrogen-bond donors (Lipinski definition) is 5. The Morgan fingerprint density at radius 3 is 1.92 bits per heavy atom. The van der Waals surface area contributed by atoms with Crippen LogP contribution in [0, 0.1) is 0 Å². The fourth-order valence-electron chi connectivity index (χ4n) is 5.94. The molecule has 1 saturated heterocycles. The van der Waals surface area contributed by atoms with Gasteiger partial charge < -0.3 is 34.4 Å². The topological polar surface area (TPSA) is 206 Å². The third-order valence-electron chi connectivity index (χ3n) is 8.58. The Labute approximate surface area is 283 Å². The minimum Gasteiger partial charge on any atom is -0.481 e. The lowest BCUT2D eigenvalue weighted by Gasteiger charge is -2.24. The first-order valence-corrected chi connectivity index (χ1v) is 19.1. The van der Waals surface area contributed by atoms with E-state index in [4.69, 9.17) is 19.1 Å². The van der Waals surface area contributed by atoms with Gasteiger partial charge in [-0.05, 0) is 25.7 Å². The molecule has 1 aromatic heterocycles. The van der Waals surface area contributed by atoms with Crippen molar-refractivity contribution in [1.29, 1.82) is 0 Å². The highest BCUT2D eigenvalue weighted by molar-refractivity contribution is 7.32. The van der Waals surface area contributed by atoms with E-state index >= 15 is 0 Å². The Kier molecular flexibility index (Phi) is 22.3. The Morgan fingerprint density at radius 1 is 0.833 bits per heavy atom. The van der Waals surface area contributed by atoms with Crippen LogP contribution in [0.25, 0.3) is 0 Å². The van der Waals surface area contributed by atoms with Crippen molar-refractivity contribution < 1.29 is 43.3 Å². The molecular weight excluding hydrogens is 645 g/mol. The zero-order valence-electron chi connectivity index (χ0n) is 28.3. The number of H-pyrrole nitrogens is 1. The predicted molar refractivity (Wildman–Crippen MR) is 181 cm³/mol. The molecule has 0 aromatic carbocycles. The molecule has 0 spiro atoms. The van der Waals surface area contributed by atoms with Crippen molar-refractivity contribution in [2.45, 2.75) is 153 Å². The molecule has 1 aliphatic rings. The van der Waals surface area contributed by atoms with Gasteiger partial charge in [-0.25, -0.2) is 4.79 Å². The van der Waals surface area contributed by atoms with Crippen LogP contribution in [0.4, 0.5) is 0 Å². The summed E-state index contributed by atoms with van der Waals surface area (Å²) in [6.45, 7) is 0.332. The normalized spacial score (nSPS) is 19.8. The van der Waals surface area contributed by atoms with Crippen molar-refractivity contribution in [2.75, 3.05) is 19.8 Å². The van der Waals surface area contributed by atoms with Crippen molar-refractivity contribution in [3.63, 3.8) is 0 Å². The van der Waals surface area contributed by atoms with Crippen molar-refractivity contribution in [2.24, 2.45) is 0 Å². The van der Waals surface area contributed by atoms with Crippen molar-refractivity contribution >= 4 is 20.1 Å². The summed E-state index contributed by atoms with van der Waals surface area (Å²) in [7, 11) is -3.40.